The van der Waals surface area contributed by atoms with Crippen LogP contribution in [0.5, 0.6) is 5.75 Å². The van der Waals surface area contributed by atoms with Gasteiger partial charge in [0, 0.05) is 32.5 Å². The summed E-state index contributed by atoms with van der Waals surface area (Å²) in [7, 11) is 1.62. The molecule has 0 aliphatic heterocycles. The fraction of sp³-hybridized carbons (Fsp3) is 0.0769. The molecule has 0 spiro atoms. The molecule has 0 saturated carbocycles. The van der Waals surface area contributed by atoms with Crippen molar-refractivity contribution in [3.8, 4) is 5.75 Å². The molecule has 0 aromatic heterocycles. The normalized spacial score (nSPS) is 10.2. The van der Waals surface area contributed by atoms with Crippen LogP contribution in [0.1, 0.15) is 0 Å². The number of hydrogen-bond acceptors (Lipinski definition) is 3. The van der Waals surface area contributed by atoms with E-state index in [-0.39, 0.29) is 0 Å². The molecular formula is C13H12Br2N2O. The maximum absolute atomic E-state index is 5.81. The Balaban J connectivity index is 2.30. The van der Waals surface area contributed by atoms with E-state index in [1.54, 1.807) is 13.2 Å². The molecule has 0 fully saturated rings. The van der Waals surface area contributed by atoms with Crippen molar-refractivity contribution >= 4 is 48.9 Å². The molecule has 2 rings (SSSR count). The van der Waals surface area contributed by atoms with Crippen LogP contribution in [0.25, 0.3) is 0 Å². The molecule has 0 saturated heterocycles. The van der Waals surface area contributed by atoms with E-state index in [4.69, 9.17) is 10.5 Å². The molecule has 3 N–H and O–H groups in total. The molecule has 2 aromatic rings. The molecule has 18 heavy (non-hydrogen) atoms. The molecule has 0 radical (unpaired) electrons. The summed E-state index contributed by atoms with van der Waals surface area (Å²) in [6.07, 6.45) is 0. The van der Waals surface area contributed by atoms with E-state index < -0.39 is 0 Å². The van der Waals surface area contributed by atoms with Gasteiger partial charge in [-0.1, -0.05) is 15.9 Å². The summed E-state index contributed by atoms with van der Waals surface area (Å²) in [5, 5.41) is 3.29. The third-order valence-corrected chi connectivity index (χ3v) is 3.52. The van der Waals surface area contributed by atoms with Crippen molar-refractivity contribution in [2.75, 3.05) is 18.2 Å². The minimum absolute atomic E-state index is 0.657. The number of rotatable bonds is 3. The Morgan fingerprint density at radius 2 is 1.89 bits per heavy atom. The summed E-state index contributed by atoms with van der Waals surface area (Å²) >= 11 is 6.92. The maximum atomic E-state index is 5.81. The van der Waals surface area contributed by atoms with Crippen molar-refractivity contribution in [2.45, 2.75) is 0 Å². The molecule has 0 atom stereocenters. The van der Waals surface area contributed by atoms with Crippen molar-refractivity contribution in [3.63, 3.8) is 0 Å². The SMILES string of the molecule is COc1cc(N)cc(Nc2ccc(Br)cc2Br)c1. The lowest BCUT2D eigenvalue weighted by molar-refractivity contribution is 0.415. The molecule has 3 nitrogen and oxygen atoms in total. The highest BCUT2D eigenvalue weighted by Crippen LogP contribution is 2.31. The van der Waals surface area contributed by atoms with Gasteiger partial charge in [0.2, 0.25) is 0 Å². The van der Waals surface area contributed by atoms with Gasteiger partial charge in [0.05, 0.1) is 12.8 Å². The topological polar surface area (TPSA) is 47.3 Å². The molecule has 5 heteroatoms. The first-order chi connectivity index (χ1) is 8.58. The lowest BCUT2D eigenvalue weighted by atomic mass is 10.2. The zero-order chi connectivity index (χ0) is 13.1. The smallest absolute Gasteiger partial charge is 0.122 e. The molecule has 0 aliphatic rings. The second-order valence-corrected chi connectivity index (χ2v) is 5.51. The number of nitrogens with two attached hydrogens (primary N) is 1. The van der Waals surface area contributed by atoms with Gasteiger partial charge in [-0.2, -0.15) is 0 Å². The average Bonchev–Trinajstić information content (AvgIpc) is 2.32. The molecule has 0 heterocycles. The Morgan fingerprint density at radius 3 is 2.56 bits per heavy atom. The van der Waals surface area contributed by atoms with E-state index in [9.17, 15) is 0 Å². The first kappa shape index (κ1) is 13.2. The van der Waals surface area contributed by atoms with Crippen molar-refractivity contribution in [3.05, 3.63) is 45.3 Å². The average molecular weight is 372 g/mol. The molecule has 0 aliphatic carbocycles. The van der Waals surface area contributed by atoms with Gasteiger partial charge in [0.1, 0.15) is 5.75 Å². The van der Waals surface area contributed by atoms with Gasteiger partial charge in [-0.15, -0.1) is 0 Å². The Hall–Kier alpha value is -1.20. The van der Waals surface area contributed by atoms with Gasteiger partial charge in [0.15, 0.2) is 0 Å². The van der Waals surface area contributed by atoms with Gasteiger partial charge in [-0.3, -0.25) is 0 Å². The summed E-state index contributed by atoms with van der Waals surface area (Å²) in [4.78, 5) is 0. The lowest BCUT2D eigenvalue weighted by Crippen LogP contribution is -1.95. The molecule has 94 valence electrons. The Kier molecular flexibility index (Phi) is 4.14. The summed E-state index contributed by atoms with van der Waals surface area (Å²) in [6, 6.07) is 11.5. The van der Waals surface area contributed by atoms with Gasteiger partial charge < -0.3 is 15.8 Å². The van der Waals surface area contributed by atoms with Crippen LogP contribution in [0.2, 0.25) is 0 Å². The highest BCUT2D eigenvalue weighted by atomic mass is 79.9. The Bertz CT molecular complexity index is 573. The molecule has 0 amide bonds. The number of benzene rings is 2. The van der Waals surface area contributed by atoms with E-state index in [0.717, 1.165) is 26.1 Å². The summed E-state index contributed by atoms with van der Waals surface area (Å²) < 4.78 is 7.17. The monoisotopic (exact) mass is 370 g/mol. The van der Waals surface area contributed by atoms with Crippen molar-refractivity contribution < 1.29 is 4.74 Å². The van der Waals surface area contributed by atoms with E-state index in [2.05, 4.69) is 37.2 Å². The first-order valence-electron chi connectivity index (χ1n) is 5.25. The minimum atomic E-state index is 0.657. The number of nitrogen functional groups attached to an aromatic ring is 1. The zero-order valence-corrected chi connectivity index (χ0v) is 12.9. The quantitative estimate of drug-likeness (QED) is 0.778. The number of nitrogens with one attached hydrogen (secondary N) is 1. The van der Waals surface area contributed by atoms with E-state index in [1.807, 2.05) is 30.3 Å². The number of hydrogen-bond donors (Lipinski definition) is 2. The molecule has 2 aromatic carbocycles. The van der Waals surface area contributed by atoms with Gasteiger partial charge in [-0.05, 0) is 40.2 Å². The van der Waals surface area contributed by atoms with Crippen LogP contribution in [-0.4, -0.2) is 7.11 Å². The minimum Gasteiger partial charge on any atom is -0.497 e. The fourth-order valence-corrected chi connectivity index (χ4v) is 2.70. The van der Waals surface area contributed by atoms with E-state index >= 15 is 0 Å². The van der Waals surface area contributed by atoms with Gasteiger partial charge in [-0.25, -0.2) is 0 Å². The van der Waals surface area contributed by atoms with Gasteiger partial charge >= 0.3 is 0 Å². The Labute approximate surface area is 123 Å². The van der Waals surface area contributed by atoms with Crippen LogP contribution in [0.4, 0.5) is 17.1 Å². The van der Waals surface area contributed by atoms with Crippen LogP contribution in [0.15, 0.2) is 45.3 Å². The zero-order valence-electron chi connectivity index (χ0n) is 9.71. The second-order valence-electron chi connectivity index (χ2n) is 3.74. The van der Waals surface area contributed by atoms with Crippen LogP contribution >= 0.6 is 31.9 Å². The second kappa shape index (κ2) is 5.63. The van der Waals surface area contributed by atoms with Crippen molar-refractivity contribution in [2.24, 2.45) is 0 Å². The third-order valence-electron chi connectivity index (χ3n) is 2.37. The predicted octanol–water partition coefficient (Wildman–Crippen LogP) is 4.55. The first-order valence-corrected chi connectivity index (χ1v) is 6.84. The lowest BCUT2D eigenvalue weighted by Gasteiger charge is -2.11. The summed E-state index contributed by atoms with van der Waals surface area (Å²) in [5.41, 5.74) is 8.32. The summed E-state index contributed by atoms with van der Waals surface area (Å²) in [5.74, 6) is 0.728. The van der Waals surface area contributed by atoms with Crippen molar-refractivity contribution in [1.82, 2.24) is 0 Å². The van der Waals surface area contributed by atoms with Gasteiger partial charge in [0.25, 0.3) is 0 Å². The van der Waals surface area contributed by atoms with Crippen LogP contribution in [0.3, 0.4) is 0 Å². The molecular weight excluding hydrogens is 360 g/mol. The highest BCUT2D eigenvalue weighted by molar-refractivity contribution is 9.11. The number of halogens is 2. The standard InChI is InChI=1S/C13H12Br2N2O/c1-18-11-6-9(16)5-10(7-11)17-13-3-2-8(14)4-12(13)15/h2-7,17H,16H2,1H3. The predicted molar refractivity (Wildman–Crippen MR) is 82.5 cm³/mol. The van der Waals surface area contributed by atoms with E-state index in [0.29, 0.717) is 5.69 Å². The molecule has 0 bridgehead atoms. The van der Waals surface area contributed by atoms with E-state index in [1.165, 1.54) is 0 Å². The fourth-order valence-electron chi connectivity index (χ4n) is 1.56. The number of anilines is 3. The number of methoxy groups -OCH3 is 1. The maximum Gasteiger partial charge on any atom is 0.122 e. The molecule has 0 unspecified atom stereocenters. The van der Waals surface area contributed by atoms with Crippen LogP contribution < -0.4 is 15.8 Å². The summed E-state index contributed by atoms with van der Waals surface area (Å²) in [6.45, 7) is 0. The third kappa shape index (κ3) is 3.17. The largest absolute Gasteiger partial charge is 0.497 e. The van der Waals surface area contributed by atoms with Crippen LogP contribution in [0, 0.1) is 0 Å². The van der Waals surface area contributed by atoms with Crippen molar-refractivity contribution in [1.29, 1.82) is 0 Å². The number of ether oxygens (including phenoxy) is 1. The highest BCUT2D eigenvalue weighted by Gasteiger charge is 2.03. The Morgan fingerprint density at radius 1 is 1.11 bits per heavy atom. The van der Waals surface area contributed by atoms with Crippen LogP contribution in [-0.2, 0) is 0 Å².